The van der Waals surface area contributed by atoms with Crippen LogP contribution in [-0.2, 0) is 11.3 Å². The molecule has 3 nitrogen and oxygen atoms in total. The normalized spacial score (nSPS) is 18.7. The third-order valence-corrected chi connectivity index (χ3v) is 4.50. The lowest BCUT2D eigenvalue weighted by molar-refractivity contribution is -0.0192. The number of ether oxygens (including phenoxy) is 2. The van der Waals surface area contributed by atoms with E-state index >= 15 is 0 Å². The van der Waals surface area contributed by atoms with Gasteiger partial charge in [-0.1, -0.05) is 18.2 Å². The minimum Gasteiger partial charge on any atom is -0.491 e. The number of thiocarbonyl (C=S) groups is 1. The predicted octanol–water partition coefficient (Wildman–Crippen LogP) is 5.18. The largest absolute Gasteiger partial charge is 0.491 e. The van der Waals surface area contributed by atoms with Crippen molar-refractivity contribution < 1.29 is 18.3 Å². The summed E-state index contributed by atoms with van der Waals surface area (Å²) < 4.78 is 39.2. The van der Waals surface area contributed by atoms with Crippen molar-refractivity contribution >= 4 is 17.4 Å². The summed E-state index contributed by atoms with van der Waals surface area (Å²) in [6.45, 7) is 2.37. The first kappa shape index (κ1) is 18.6. The van der Waals surface area contributed by atoms with Crippen molar-refractivity contribution in [1.29, 1.82) is 0 Å². The molecule has 1 aliphatic rings. The van der Waals surface area contributed by atoms with Crippen molar-refractivity contribution in [2.45, 2.75) is 38.5 Å². The van der Waals surface area contributed by atoms with Gasteiger partial charge in [0.1, 0.15) is 5.82 Å². The Bertz CT molecular complexity index is 831. The molecular formula is C20H19F2NO2S. The second-order valence-electron chi connectivity index (χ2n) is 6.16. The van der Waals surface area contributed by atoms with Crippen LogP contribution in [0, 0.1) is 11.6 Å². The molecule has 2 aromatic carbocycles. The molecular weight excluding hydrogens is 356 g/mol. The smallest absolute Gasteiger partial charge is 0.165 e. The van der Waals surface area contributed by atoms with Gasteiger partial charge in [-0.15, -0.1) is 0 Å². The second kappa shape index (κ2) is 8.49. The van der Waals surface area contributed by atoms with Crippen LogP contribution in [0.5, 0.6) is 5.75 Å². The van der Waals surface area contributed by atoms with Gasteiger partial charge < -0.3 is 9.47 Å². The van der Waals surface area contributed by atoms with E-state index < -0.39 is 5.82 Å². The van der Waals surface area contributed by atoms with Gasteiger partial charge in [-0.25, -0.2) is 13.8 Å². The third kappa shape index (κ3) is 4.33. The van der Waals surface area contributed by atoms with Gasteiger partial charge in [0.2, 0.25) is 0 Å². The number of benzene rings is 2. The molecule has 0 heterocycles. The lowest BCUT2D eigenvalue weighted by Gasteiger charge is -2.31. The molecule has 2 aromatic rings. The monoisotopic (exact) mass is 375 g/mol. The summed E-state index contributed by atoms with van der Waals surface area (Å²) in [5.41, 5.74) is 1.67. The van der Waals surface area contributed by atoms with Gasteiger partial charge in [-0.3, -0.25) is 0 Å². The average molecular weight is 375 g/mol. The summed E-state index contributed by atoms with van der Waals surface area (Å²) in [5.74, 6) is -0.640. The van der Waals surface area contributed by atoms with Gasteiger partial charge in [0.25, 0.3) is 0 Å². The molecule has 0 bridgehead atoms. The zero-order chi connectivity index (χ0) is 18.5. The van der Waals surface area contributed by atoms with Crippen LogP contribution in [0.15, 0.2) is 41.4 Å². The van der Waals surface area contributed by atoms with E-state index in [-0.39, 0.29) is 30.3 Å². The zero-order valence-corrected chi connectivity index (χ0v) is 15.2. The lowest BCUT2D eigenvalue weighted by Crippen LogP contribution is -2.34. The van der Waals surface area contributed by atoms with Crippen molar-refractivity contribution in [3.63, 3.8) is 0 Å². The fourth-order valence-corrected chi connectivity index (χ4v) is 3.01. The Morgan fingerprint density at radius 2 is 1.81 bits per heavy atom. The molecule has 6 heteroatoms. The van der Waals surface area contributed by atoms with Crippen LogP contribution in [0.25, 0.3) is 11.1 Å². The molecule has 1 fully saturated rings. The predicted molar refractivity (Wildman–Crippen MR) is 99.6 cm³/mol. The van der Waals surface area contributed by atoms with Gasteiger partial charge in [-0.05, 0) is 61.3 Å². The lowest BCUT2D eigenvalue weighted by atomic mass is 9.90. The Morgan fingerprint density at radius 1 is 1.12 bits per heavy atom. The van der Waals surface area contributed by atoms with Crippen LogP contribution >= 0.6 is 12.2 Å². The van der Waals surface area contributed by atoms with Crippen LogP contribution in [0.2, 0.25) is 0 Å². The summed E-state index contributed by atoms with van der Waals surface area (Å²) in [6.07, 6.45) is 1.65. The highest BCUT2D eigenvalue weighted by Crippen LogP contribution is 2.29. The molecule has 0 saturated heterocycles. The van der Waals surface area contributed by atoms with Crippen molar-refractivity contribution in [1.82, 2.24) is 0 Å². The summed E-state index contributed by atoms with van der Waals surface area (Å²) >= 11 is 4.57. The molecule has 0 aromatic heterocycles. The summed E-state index contributed by atoms with van der Waals surface area (Å²) in [5, 5.41) is 2.37. The van der Waals surface area contributed by atoms with Crippen LogP contribution in [0.3, 0.4) is 0 Å². The van der Waals surface area contributed by atoms with E-state index in [1.54, 1.807) is 31.2 Å². The molecule has 1 saturated carbocycles. The fourth-order valence-electron chi connectivity index (χ4n) is 2.86. The quantitative estimate of drug-likeness (QED) is 0.493. The third-order valence-electron chi connectivity index (χ3n) is 4.40. The molecule has 0 radical (unpaired) electrons. The molecule has 26 heavy (non-hydrogen) atoms. The van der Waals surface area contributed by atoms with Gasteiger partial charge in [0, 0.05) is 5.56 Å². The minimum atomic E-state index is -0.462. The molecule has 136 valence electrons. The van der Waals surface area contributed by atoms with Crippen molar-refractivity contribution in [2.75, 3.05) is 6.61 Å². The fraction of sp³-hybridized carbons (Fsp3) is 0.350. The van der Waals surface area contributed by atoms with Gasteiger partial charge in [-0.2, -0.15) is 0 Å². The number of isothiocyanates is 1. The average Bonchev–Trinajstić information content (AvgIpc) is 2.59. The van der Waals surface area contributed by atoms with E-state index in [1.165, 1.54) is 12.1 Å². The maximum Gasteiger partial charge on any atom is 0.165 e. The van der Waals surface area contributed by atoms with E-state index in [4.69, 9.17) is 9.47 Å². The SMILES string of the molecule is CCOc1ccc(-c2ccc(COC3CC(N=C=S)C3)c(F)c2)cc1F. The van der Waals surface area contributed by atoms with Gasteiger partial charge in [0.05, 0.1) is 30.5 Å². The first-order valence-corrected chi connectivity index (χ1v) is 8.91. The number of halogens is 2. The van der Waals surface area contributed by atoms with Gasteiger partial charge in [0.15, 0.2) is 11.6 Å². The maximum atomic E-state index is 14.4. The first-order valence-electron chi connectivity index (χ1n) is 8.50. The number of nitrogens with zero attached hydrogens (tertiary/aromatic N) is 1. The van der Waals surface area contributed by atoms with E-state index in [0.29, 0.717) is 23.3 Å². The number of hydrogen-bond acceptors (Lipinski definition) is 4. The highest BCUT2D eigenvalue weighted by atomic mass is 32.1. The number of hydrogen-bond donors (Lipinski definition) is 0. The van der Waals surface area contributed by atoms with Crippen molar-refractivity contribution in [3.05, 3.63) is 53.6 Å². The van der Waals surface area contributed by atoms with Crippen LogP contribution in [0.1, 0.15) is 25.3 Å². The molecule has 0 aliphatic heterocycles. The summed E-state index contributed by atoms with van der Waals surface area (Å²) in [6, 6.07) is 9.62. The van der Waals surface area contributed by atoms with E-state index in [2.05, 4.69) is 22.4 Å². The summed E-state index contributed by atoms with van der Waals surface area (Å²) in [7, 11) is 0. The first-order chi connectivity index (χ1) is 12.6. The Labute approximate surface area is 156 Å². The minimum absolute atomic E-state index is 0.0754. The standard InChI is InChI=1S/C20H19F2NO2S/c1-2-24-20-6-5-14(8-19(20)22)13-3-4-15(18(21)7-13)11-25-17-9-16(10-17)23-12-26/h3-8,16-17H,2,9-11H2,1H3. The summed E-state index contributed by atoms with van der Waals surface area (Å²) in [4.78, 5) is 3.99. The molecule has 1 aliphatic carbocycles. The van der Waals surface area contributed by atoms with E-state index in [1.807, 2.05) is 0 Å². The van der Waals surface area contributed by atoms with Crippen molar-refractivity contribution in [3.8, 4) is 16.9 Å². The van der Waals surface area contributed by atoms with E-state index in [9.17, 15) is 8.78 Å². The van der Waals surface area contributed by atoms with Crippen LogP contribution in [0.4, 0.5) is 8.78 Å². The molecule has 0 amide bonds. The maximum absolute atomic E-state index is 14.4. The second-order valence-corrected chi connectivity index (χ2v) is 6.35. The Morgan fingerprint density at radius 3 is 2.42 bits per heavy atom. The highest BCUT2D eigenvalue weighted by molar-refractivity contribution is 7.78. The molecule has 0 spiro atoms. The Hall–Kier alpha value is -2.14. The zero-order valence-electron chi connectivity index (χ0n) is 14.4. The molecule has 3 rings (SSSR count). The van der Waals surface area contributed by atoms with Crippen molar-refractivity contribution in [2.24, 2.45) is 4.99 Å². The number of rotatable bonds is 7. The number of aliphatic imine (C=N–C) groups is 1. The van der Waals surface area contributed by atoms with Crippen LogP contribution < -0.4 is 4.74 Å². The topological polar surface area (TPSA) is 30.8 Å². The Kier molecular flexibility index (Phi) is 6.09. The molecule has 0 unspecified atom stereocenters. The van der Waals surface area contributed by atoms with Crippen LogP contribution in [-0.4, -0.2) is 23.9 Å². The Balaban J connectivity index is 1.64. The molecule has 0 N–H and O–H groups in total. The molecule has 0 atom stereocenters. The van der Waals surface area contributed by atoms with E-state index in [0.717, 1.165) is 12.8 Å². The van der Waals surface area contributed by atoms with Gasteiger partial charge >= 0.3 is 0 Å². The highest BCUT2D eigenvalue weighted by Gasteiger charge is 2.29.